The van der Waals surface area contributed by atoms with Gasteiger partial charge in [-0.25, -0.2) is 9.78 Å². The fraction of sp³-hybridized carbons (Fsp3) is 0.400. The first kappa shape index (κ1) is 16.2. The number of rotatable bonds is 4. The highest BCUT2D eigenvalue weighted by atomic mass is 32.1. The summed E-state index contributed by atoms with van der Waals surface area (Å²) in [6, 6.07) is 7.74. The molecule has 0 saturated carbocycles. The number of nitrogens with one attached hydrogen (secondary N) is 2. The van der Waals surface area contributed by atoms with E-state index in [-0.39, 0.29) is 5.41 Å². The molecular formula is C15H20N4O2S. The van der Waals surface area contributed by atoms with E-state index in [0.717, 1.165) is 22.2 Å². The summed E-state index contributed by atoms with van der Waals surface area (Å²) in [6.45, 7) is 6.69. The smallest absolute Gasteiger partial charge is 0.407 e. The average molecular weight is 320 g/mol. The summed E-state index contributed by atoms with van der Waals surface area (Å²) in [4.78, 5) is 15.5. The van der Waals surface area contributed by atoms with Crippen molar-refractivity contribution in [3.05, 3.63) is 35.7 Å². The van der Waals surface area contributed by atoms with Gasteiger partial charge in [-0.2, -0.15) is 4.37 Å². The Morgan fingerprint density at radius 3 is 2.50 bits per heavy atom. The van der Waals surface area contributed by atoms with Crippen LogP contribution in [0.1, 0.15) is 32.2 Å². The molecule has 0 saturated heterocycles. The van der Waals surface area contributed by atoms with Crippen LogP contribution in [0.2, 0.25) is 0 Å². The van der Waals surface area contributed by atoms with Gasteiger partial charge in [0.15, 0.2) is 0 Å². The summed E-state index contributed by atoms with van der Waals surface area (Å²) in [6.07, 6.45) is -0.439. The van der Waals surface area contributed by atoms with Gasteiger partial charge in [-0.3, -0.25) is 0 Å². The van der Waals surface area contributed by atoms with Gasteiger partial charge in [-0.1, -0.05) is 32.9 Å². The highest BCUT2D eigenvalue weighted by Crippen LogP contribution is 2.25. The first-order valence-corrected chi connectivity index (χ1v) is 7.68. The number of benzene rings is 1. The Kier molecular flexibility index (Phi) is 4.97. The molecule has 22 heavy (non-hydrogen) atoms. The largest absolute Gasteiger partial charge is 0.453 e. The molecule has 0 bridgehead atoms. The van der Waals surface area contributed by atoms with Crippen molar-refractivity contribution in [2.45, 2.75) is 32.7 Å². The number of nitrogens with zero attached hydrogens (tertiary/aromatic N) is 2. The number of amides is 1. The lowest BCUT2D eigenvalue weighted by Crippen LogP contribution is -2.22. The number of alkyl carbamates (subject to hydrolysis) is 1. The van der Waals surface area contributed by atoms with Crippen LogP contribution in [0.25, 0.3) is 0 Å². The molecule has 0 unspecified atom stereocenters. The van der Waals surface area contributed by atoms with Crippen molar-refractivity contribution in [1.82, 2.24) is 14.7 Å². The van der Waals surface area contributed by atoms with Gasteiger partial charge in [0.25, 0.3) is 0 Å². The number of methoxy groups -OCH3 is 1. The second-order valence-electron chi connectivity index (χ2n) is 5.84. The Bertz CT molecular complexity index is 632. The van der Waals surface area contributed by atoms with Crippen molar-refractivity contribution in [3.8, 4) is 0 Å². The van der Waals surface area contributed by atoms with Gasteiger partial charge in [-0.15, -0.1) is 0 Å². The summed E-state index contributed by atoms with van der Waals surface area (Å²) in [5.41, 5.74) is 1.86. The SMILES string of the molecule is COC(=O)NCc1ccc(Nc2nc(C(C)(C)C)ns2)cc1. The monoisotopic (exact) mass is 320 g/mol. The second-order valence-corrected chi connectivity index (χ2v) is 6.59. The van der Waals surface area contributed by atoms with Crippen LogP contribution < -0.4 is 10.6 Å². The van der Waals surface area contributed by atoms with Crippen LogP contribution in [-0.2, 0) is 16.7 Å². The van der Waals surface area contributed by atoms with Gasteiger partial charge in [0, 0.05) is 29.2 Å². The van der Waals surface area contributed by atoms with E-state index in [9.17, 15) is 4.79 Å². The molecule has 0 aliphatic rings. The third kappa shape index (κ3) is 4.42. The van der Waals surface area contributed by atoms with E-state index in [1.54, 1.807) is 0 Å². The van der Waals surface area contributed by atoms with Gasteiger partial charge in [0.2, 0.25) is 5.13 Å². The lowest BCUT2D eigenvalue weighted by molar-refractivity contribution is 0.170. The molecule has 0 atom stereocenters. The van der Waals surface area contributed by atoms with Crippen LogP contribution in [0.3, 0.4) is 0 Å². The van der Waals surface area contributed by atoms with E-state index < -0.39 is 6.09 Å². The van der Waals surface area contributed by atoms with Crippen molar-refractivity contribution >= 4 is 28.4 Å². The number of carbonyl (C=O) groups excluding carboxylic acids is 1. The van der Waals surface area contributed by atoms with Crippen molar-refractivity contribution in [2.75, 3.05) is 12.4 Å². The maximum atomic E-state index is 11.0. The van der Waals surface area contributed by atoms with Crippen LogP contribution in [0.15, 0.2) is 24.3 Å². The lowest BCUT2D eigenvalue weighted by atomic mass is 9.96. The van der Waals surface area contributed by atoms with Crippen LogP contribution in [0.5, 0.6) is 0 Å². The van der Waals surface area contributed by atoms with Gasteiger partial charge in [0.1, 0.15) is 5.82 Å². The molecule has 0 aliphatic heterocycles. The standard InChI is InChI=1S/C15H20N4O2S/c1-15(2,3)12-18-13(22-19-12)17-11-7-5-10(6-8-11)9-16-14(20)21-4/h5-8H,9H2,1-4H3,(H,16,20)(H,17,18,19). The quantitative estimate of drug-likeness (QED) is 0.902. The molecule has 0 aliphatic carbocycles. The summed E-state index contributed by atoms with van der Waals surface area (Å²) in [7, 11) is 1.34. The van der Waals surface area contributed by atoms with E-state index in [4.69, 9.17) is 0 Å². The molecule has 2 aromatic rings. The predicted octanol–water partition coefficient (Wildman–Crippen LogP) is 3.44. The van der Waals surface area contributed by atoms with Crippen LogP contribution in [-0.4, -0.2) is 22.6 Å². The van der Waals surface area contributed by atoms with E-state index in [0.29, 0.717) is 6.54 Å². The molecule has 1 aromatic carbocycles. The summed E-state index contributed by atoms with van der Waals surface area (Å²) < 4.78 is 8.89. The molecule has 2 N–H and O–H groups in total. The minimum atomic E-state index is -0.439. The zero-order valence-corrected chi connectivity index (χ0v) is 14.0. The summed E-state index contributed by atoms with van der Waals surface area (Å²) >= 11 is 1.35. The van der Waals surface area contributed by atoms with Gasteiger partial charge >= 0.3 is 6.09 Å². The highest BCUT2D eigenvalue weighted by molar-refractivity contribution is 7.09. The van der Waals surface area contributed by atoms with E-state index in [2.05, 4.69) is 45.5 Å². The minimum Gasteiger partial charge on any atom is -0.453 e. The number of anilines is 2. The van der Waals surface area contributed by atoms with Gasteiger partial charge in [0.05, 0.1) is 7.11 Å². The number of carbonyl (C=O) groups is 1. The summed E-state index contributed by atoms with van der Waals surface area (Å²) in [5, 5.41) is 6.64. The van der Waals surface area contributed by atoms with Crippen LogP contribution in [0, 0.1) is 0 Å². The minimum absolute atomic E-state index is 0.0557. The van der Waals surface area contributed by atoms with E-state index >= 15 is 0 Å². The topological polar surface area (TPSA) is 76.1 Å². The third-order valence-electron chi connectivity index (χ3n) is 2.92. The fourth-order valence-electron chi connectivity index (χ4n) is 1.65. The Morgan fingerprint density at radius 1 is 1.27 bits per heavy atom. The maximum absolute atomic E-state index is 11.0. The third-order valence-corrected chi connectivity index (χ3v) is 3.55. The normalized spacial score (nSPS) is 11.1. The maximum Gasteiger partial charge on any atom is 0.407 e. The Balaban J connectivity index is 1.96. The van der Waals surface area contributed by atoms with Gasteiger partial charge in [-0.05, 0) is 17.7 Å². The molecule has 1 heterocycles. The average Bonchev–Trinajstić information content (AvgIpc) is 2.95. The Hall–Kier alpha value is -2.15. The Labute approximate surface area is 134 Å². The second kappa shape index (κ2) is 6.74. The Morgan fingerprint density at radius 2 is 1.95 bits per heavy atom. The predicted molar refractivity (Wildman–Crippen MR) is 87.6 cm³/mol. The van der Waals surface area contributed by atoms with Crippen molar-refractivity contribution in [1.29, 1.82) is 0 Å². The molecule has 0 radical (unpaired) electrons. The van der Waals surface area contributed by atoms with E-state index in [1.807, 2.05) is 24.3 Å². The molecule has 0 fully saturated rings. The first-order chi connectivity index (χ1) is 10.4. The molecule has 2 rings (SSSR count). The molecule has 6 nitrogen and oxygen atoms in total. The highest BCUT2D eigenvalue weighted by Gasteiger charge is 2.19. The van der Waals surface area contributed by atoms with Crippen molar-refractivity contribution in [3.63, 3.8) is 0 Å². The molecule has 0 spiro atoms. The van der Waals surface area contributed by atoms with Crippen molar-refractivity contribution in [2.24, 2.45) is 0 Å². The molecule has 7 heteroatoms. The summed E-state index contributed by atoms with van der Waals surface area (Å²) in [5.74, 6) is 0.832. The molecule has 1 aromatic heterocycles. The molecule has 1 amide bonds. The number of ether oxygens (including phenoxy) is 1. The zero-order chi connectivity index (χ0) is 16.2. The molecule has 118 valence electrons. The molecular weight excluding hydrogens is 300 g/mol. The number of aromatic nitrogens is 2. The first-order valence-electron chi connectivity index (χ1n) is 6.90. The van der Waals surface area contributed by atoms with Crippen molar-refractivity contribution < 1.29 is 9.53 Å². The van der Waals surface area contributed by atoms with Gasteiger partial charge < -0.3 is 15.4 Å². The number of hydrogen-bond acceptors (Lipinski definition) is 6. The zero-order valence-electron chi connectivity index (χ0n) is 13.1. The fourth-order valence-corrected chi connectivity index (χ4v) is 2.43. The lowest BCUT2D eigenvalue weighted by Gasteiger charge is -2.12. The van der Waals surface area contributed by atoms with Crippen LogP contribution in [0.4, 0.5) is 15.6 Å². The van der Waals surface area contributed by atoms with Crippen LogP contribution >= 0.6 is 11.5 Å². The number of hydrogen-bond donors (Lipinski definition) is 2. The van der Waals surface area contributed by atoms with E-state index in [1.165, 1.54) is 18.6 Å².